The lowest BCUT2D eigenvalue weighted by molar-refractivity contribution is 0.304. The molecule has 0 amide bonds. The van der Waals surface area contributed by atoms with E-state index < -0.39 is 0 Å². The minimum absolute atomic E-state index is 0.824. The Hall–Kier alpha value is -2.72. The molecule has 4 heteroatoms. The van der Waals surface area contributed by atoms with Gasteiger partial charge in [0.2, 0.25) is 0 Å². The predicted molar refractivity (Wildman–Crippen MR) is 142 cm³/mol. The number of benzene rings is 2. The van der Waals surface area contributed by atoms with Gasteiger partial charge in [-0.25, -0.2) is 9.97 Å². The van der Waals surface area contributed by atoms with Gasteiger partial charge in [0, 0.05) is 34.5 Å². The topological polar surface area (TPSA) is 35.0 Å². The first kappa shape index (κ1) is 24.9. The van der Waals surface area contributed by atoms with Gasteiger partial charge in [-0.3, -0.25) is 0 Å². The van der Waals surface area contributed by atoms with Crippen LogP contribution < -0.4 is 4.74 Å². The number of hydrogen-bond donors (Lipinski definition) is 0. The van der Waals surface area contributed by atoms with E-state index in [-0.39, 0.29) is 0 Å². The van der Waals surface area contributed by atoms with Crippen molar-refractivity contribution in [1.82, 2.24) is 9.97 Å². The zero-order chi connectivity index (χ0) is 23.1. The third-order valence-corrected chi connectivity index (χ3v) is 6.50. The summed E-state index contributed by atoms with van der Waals surface area (Å²) in [6.07, 6.45) is 13.4. The Morgan fingerprint density at radius 2 is 1.48 bits per heavy atom. The van der Waals surface area contributed by atoms with Gasteiger partial charge in [-0.2, -0.15) is 0 Å². The molecular formula is C29H36N2OS. The summed E-state index contributed by atoms with van der Waals surface area (Å²) in [5.41, 5.74) is 2.58. The van der Waals surface area contributed by atoms with Crippen molar-refractivity contribution in [2.24, 2.45) is 0 Å². The number of thiophene rings is 1. The normalized spacial score (nSPS) is 10.6. The lowest BCUT2D eigenvalue weighted by Crippen LogP contribution is -1.97. The third kappa shape index (κ3) is 8.29. The Morgan fingerprint density at radius 1 is 0.758 bits per heavy atom. The van der Waals surface area contributed by atoms with Crippen molar-refractivity contribution >= 4 is 21.4 Å². The van der Waals surface area contributed by atoms with E-state index in [4.69, 9.17) is 4.74 Å². The van der Waals surface area contributed by atoms with Crippen LogP contribution in [-0.2, 0) is 6.42 Å². The lowest BCUT2D eigenvalue weighted by Gasteiger charge is -2.07. The number of unbranched alkanes of at least 4 members (excludes halogenated alkanes) is 5. The highest BCUT2D eigenvalue weighted by molar-refractivity contribution is 7.17. The van der Waals surface area contributed by atoms with Gasteiger partial charge in [-0.15, -0.1) is 11.3 Å². The van der Waals surface area contributed by atoms with Crippen LogP contribution in [-0.4, -0.2) is 16.6 Å². The van der Waals surface area contributed by atoms with Crippen LogP contribution in [0.5, 0.6) is 5.75 Å². The van der Waals surface area contributed by atoms with Crippen molar-refractivity contribution in [3.8, 4) is 16.9 Å². The SMILES string of the molecule is CCCCCCCOc1ccc(-c2csc3ccccc23)cc1.CCCCc1ncccn1. The molecule has 0 fully saturated rings. The summed E-state index contributed by atoms with van der Waals surface area (Å²) in [6, 6.07) is 18.9. The summed E-state index contributed by atoms with van der Waals surface area (Å²) < 4.78 is 7.19. The molecule has 0 spiro atoms. The first-order valence-corrected chi connectivity index (χ1v) is 13.1. The maximum atomic E-state index is 5.85. The van der Waals surface area contributed by atoms with Gasteiger partial charge >= 0.3 is 0 Å². The van der Waals surface area contributed by atoms with Gasteiger partial charge in [0.25, 0.3) is 0 Å². The van der Waals surface area contributed by atoms with E-state index in [2.05, 4.69) is 77.7 Å². The second kappa shape index (κ2) is 14.4. The van der Waals surface area contributed by atoms with Crippen LogP contribution in [0, 0.1) is 0 Å². The molecule has 0 aliphatic heterocycles. The molecule has 0 atom stereocenters. The minimum atomic E-state index is 0.824. The molecule has 4 rings (SSSR count). The Morgan fingerprint density at radius 3 is 2.24 bits per heavy atom. The van der Waals surface area contributed by atoms with Gasteiger partial charge in [0.15, 0.2) is 0 Å². The Labute approximate surface area is 202 Å². The average Bonchev–Trinajstić information content (AvgIpc) is 3.30. The number of aryl methyl sites for hydroxylation is 1. The molecule has 3 nitrogen and oxygen atoms in total. The maximum absolute atomic E-state index is 5.85. The molecule has 2 aromatic heterocycles. The molecule has 174 valence electrons. The second-order valence-corrected chi connectivity index (χ2v) is 9.11. The molecule has 0 N–H and O–H groups in total. The Bertz CT molecular complexity index is 1040. The number of hydrogen-bond acceptors (Lipinski definition) is 4. The van der Waals surface area contributed by atoms with Gasteiger partial charge in [0.1, 0.15) is 11.6 Å². The first-order chi connectivity index (χ1) is 16.3. The number of ether oxygens (including phenoxy) is 1. The van der Waals surface area contributed by atoms with Crippen LogP contribution >= 0.6 is 11.3 Å². The quantitative estimate of drug-likeness (QED) is 0.210. The van der Waals surface area contributed by atoms with Crippen LogP contribution in [0.3, 0.4) is 0 Å². The first-order valence-electron chi connectivity index (χ1n) is 12.3. The summed E-state index contributed by atoms with van der Waals surface area (Å²) in [5.74, 6) is 1.94. The highest BCUT2D eigenvalue weighted by Gasteiger charge is 2.06. The zero-order valence-electron chi connectivity index (χ0n) is 20.0. The van der Waals surface area contributed by atoms with E-state index in [1.54, 1.807) is 23.7 Å². The van der Waals surface area contributed by atoms with Crippen LogP contribution in [0.1, 0.15) is 64.6 Å². The van der Waals surface area contributed by atoms with Crippen molar-refractivity contribution in [2.45, 2.75) is 65.2 Å². The standard InChI is InChI=1S/C21H24OS.C8H12N2/c1-2-3-4-5-8-15-22-18-13-11-17(12-14-18)20-16-23-21-10-7-6-9-19(20)21;1-2-3-5-8-9-6-4-7-10-8/h6-7,9-14,16H,2-5,8,15H2,1H3;4,6-7H,2-3,5H2,1H3. The predicted octanol–water partition coefficient (Wildman–Crippen LogP) is 8.74. The fourth-order valence-electron chi connectivity index (χ4n) is 3.62. The van der Waals surface area contributed by atoms with Crippen molar-refractivity contribution < 1.29 is 4.74 Å². The van der Waals surface area contributed by atoms with Gasteiger partial charge < -0.3 is 4.74 Å². The van der Waals surface area contributed by atoms with Crippen molar-refractivity contribution in [1.29, 1.82) is 0 Å². The fraction of sp³-hybridized carbons (Fsp3) is 0.379. The Balaban J connectivity index is 0.000000257. The van der Waals surface area contributed by atoms with E-state index in [1.807, 2.05) is 6.07 Å². The summed E-state index contributed by atoms with van der Waals surface area (Å²) in [7, 11) is 0. The summed E-state index contributed by atoms with van der Waals surface area (Å²) >= 11 is 1.80. The smallest absolute Gasteiger partial charge is 0.128 e. The molecule has 0 unspecified atom stereocenters. The largest absolute Gasteiger partial charge is 0.494 e. The van der Waals surface area contributed by atoms with Crippen molar-refractivity contribution in [2.75, 3.05) is 6.61 Å². The second-order valence-electron chi connectivity index (χ2n) is 8.20. The Kier molecular flexibility index (Phi) is 10.9. The molecule has 0 saturated carbocycles. The van der Waals surface area contributed by atoms with Crippen LogP contribution in [0.15, 0.2) is 72.4 Å². The number of fused-ring (bicyclic) bond motifs is 1. The molecule has 0 aliphatic carbocycles. The minimum Gasteiger partial charge on any atom is -0.494 e. The molecule has 0 aliphatic rings. The van der Waals surface area contributed by atoms with Crippen LogP contribution in [0.25, 0.3) is 21.2 Å². The summed E-state index contributed by atoms with van der Waals surface area (Å²) in [4.78, 5) is 8.21. The van der Waals surface area contributed by atoms with E-state index in [0.717, 1.165) is 31.0 Å². The van der Waals surface area contributed by atoms with Gasteiger partial charge in [-0.05, 0) is 48.1 Å². The molecule has 2 aromatic carbocycles. The molecule has 4 aromatic rings. The van der Waals surface area contributed by atoms with Crippen LogP contribution in [0.4, 0.5) is 0 Å². The summed E-state index contributed by atoms with van der Waals surface area (Å²) in [6.45, 7) is 5.24. The van der Waals surface area contributed by atoms with E-state index in [1.165, 1.54) is 59.7 Å². The zero-order valence-corrected chi connectivity index (χ0v) is 20.8. The summed E-state index contributed by atoms with van der Waals surface area (Å²) in [5, 5.41) is 3.58. The maximum Gasteiger partial charge on any atom is 0.128 e. The van der Waals surface area contributed by atoms with E-state index >= 15 is 0 Å². The highest BCUT2D eigenvalue weighted by Crippen LogP contribution is 2.34. The van der Waals surface area contributed by atoms with E-state index in [9.17, 15) is 0 Å². The molecule has 0 saturated heterocycles. The van der Waals surface area contributed by atoms with Gasteiger partial charge in [-0.1, -0.05) is 76.3 Å². The van der Waals surface area contributed by atoms with Crippen LogP contribution in [0.2, 0.25) is 0 Å². The average molecular weight is 461 g/mol. The molecular weight excluding hydrogens is 424 g/mol. The molecule has 2 heterocycles. The molecule has 33 heavy (non-hydrogen) atoms. The number of nitrogens with zero attached hydrogens (tertiary/aromatic N) is 2. The van der Waals surface area contributed by atoms with Crippen molar-refractivity contribution in [3.63, 3.8) is 0 Å². The van der Waals surface area contributed by atoms with E-state index in [0.29, 0.717) is 0 Å². The van der Waals surface area contributed by atoms with Crippen molar-refractivity contribution in [3.05, 3.63) is 78.2 Å². The lowest BCUT2D eigenvalue weighted by atomic mass is 10.0. The number of aromatic nitrogens is 2. The molecule has 0 bridgehead atoms. The molecule has 0 radical (unpaired) electrons. The third-order valence-electron chi connectivity index (χ3n) is 5.54. The number of rotatable bonds is 11. The highest BCUT2D eigenvalue weighted by atomic mass is 32.1. The monoisotopic (exact) mass is 460 g/mol. The van der Waals surface area contributed by atoms with Gasteiger partial charge in [0.05, 0.1) is 6.61 Å². The fourth-order valence-corrected chi connectivity index (χ4v) is 4.59.